The first-order valence-electron chi connectivity index (χ1n) is 15.4. The van der Waals surface area contributed by atoms with Gasteiger partial charge in [-0.2, -0.15) is 0 Å². The topological polar surface area (TPSA) is 185 Å². The molecule has 0 aliphatic carbocycles. The van der Waals surface area contributed by atoms with Gasteiger partial charge in [0.05, 0.1) is 5.69 Å². The highest BCUT2D eigenvalue weighted by atomic mass is 32.1. The Labute approximate surface area is 280 Å². The molecular weight excluding hydrogens is 626 g/mol. The van der Waals surface area contributed by atoms with Crippen LogP contribution < -0.4 is 16.0 Å². The van der Waals surface area contributed by atoms with E-state index in [1.165, 1.54) is 11.8 Å². The average molecular weight is 676 g/mol. The molecule has 1 aromatic carbocycles. The van der Waals surface area contributed by atoms with Crippen molar-refractivity contribution in [2.75, 3.05) is 31.3 Å². The maximum absolute atomic E-state index is 13.0. The lowest BCUT2D eigenvalue weighted by Crippen LogP contribution is -2.66. The molecule has 1 heterocycles. The summed E-state index contributed by atoms with van der Waals surface area (Å²) in [5.74, 6) is -0.573. The van der Waals surface area contributed by atoms with E-state index >= 15 is 0 Å². The van der Waals surface area contributed by atoms with Gasteiger partial charge in [-0.15, -0.1) is 0 Å². The Bertz CT molecular complexity index is 1380. The molecule has 0 fully saturated rings. The zero-order chi connectivity index (χ0) is 35.7. The van der Waals surface area contributed by atoms with Crippen LogP contribution in [0.3, 0.4) is 0 Å². The number of aryl methyl sites for hydroxylation is 2. The zero-order valence-corrected chi connectivity index (χ0v) is 29.6. The number of hydrogen-bond donors (Lipinski definition) is 5. The monoisotopic (exact) mass is 675 g/mol. The van der Waals surface area contributed by atoms with E-state index in [9.17, 15) is 34.2 Å². The van der Waals surface area contributed by atoms with Crippen LogP contribution in [0.15, 0.2) is 24.3 Å². The van der Waals surface area contributed by atoms with Gasteiger partial charge >= 0.3 is 12.2 Å². The summed E-state index contributed by atoms with van der Waals surface area (Å²) in [6.45, 7) is 11.9. The fraction of sp³-hybridized carbons (Fsp3) is 0.562. The number of hydrogen-bond acceptors (Lipinski definition) is 8. The molecule has 0 saturated heterocycles. The standard InChI is InChI=1S/C32H49N7O7S/c1-20(40)34-27-36-23(25(47-27)26(42)33-19-11-10-12-24(41)37(8)9)18-15-21-13-16-22(17-14-21)35-28(38(29(43)44)31(2,3)4)39(30(45)46)32(5,6)7/h13-14,16-17,28,35H,10-12,15,18-19H2,1-9H3,(H,33,42)(H,43,44)(H,45,46)(H,34,36,40). The van der Waals surface area contributed by atoms with Crippen molar-refractivity contribution in [3.63, 3.8) is 0 Å². The number of carboxylic acid groups (broad SMARTS) is 2. The number of carbonyl (C=O) groups is 5. The minimum Gasteiger partial charge on any atom is -0.465 e. The van der Waals surface area contributed by atoms with Crippen LogP contribution in [-0.2, 0) is 22.4 Å². The van der Waals surface area contributed by atoms with Crippen LogP contribution in [0.2, 0.25) is 0 Å². The predicted octanol–water partition coefficient (Wildman–Crippen LogP) is 5.13. The Morgan fingerprint density at radius 2 is 1.43 bits per heavy atom. The number of aromatic nitrogens is 1. The molecule has 0 saturated carbocycles. The summed E-state index contributed by atoms with van der Waals surface area (Å²) in [6.07, 6.45) is -1.19. The van der Waals surface area contributed by atoms with E-state index in [0.29, 0.717) is 60.0 Å². The molecule has 47 heavy (non-hydrogen) atoms. The van der Waals surface area contributed by atoms with Crippen LogP contribution in [0.5, 0.6) is 0 Å². The van der Waals surface area contributed by atoms with Crippen LogP contribution in [-0.4, -0.2) is 97.8 Å². The van der Waals surface area contributed by atoms with Crippen molar-refractivity contribution in [1.82, 2.24) is 25.0 Å². The van der Waals surface area contributed by atoms with Crippen LogP contribution in [0, 0.1) is 0 Å². The third kappa shape index (κ3) is 11.7. The quantitative estimate of drug-likeness (QED) is 0.134. The lowest BCUT2D eigenvalue weighted by Gasteiger charge is -2.48. The molecule has 260 valence electrons. The van der Waals surface area contributed by atoms with Crippen LogP contribution in [0.4, 0.5) is 20.4 Å². The molecule has 15 heteroatoms. The van der Waals surface area contributed by atoms with E-state index in [4.69, 9.17) is 0 Å². The van der Waals surface area contributed by atoms with E-state index in [1.807, 2.05) is 12.1 Å². The second kappa shape index (κ2) is 16.4. The van der Waals surface area contributed by atoms with Crippen LogP contribution in [0.1, 0.15) is 88.7 Å². The van der Waals surface area contributed by atoms with Gasteiger partial charge in [-0.3, -0.25) is 24.2 Å². The molecule has 2 rings (SSSR count). The van der Waals surface area contributed by atoms with Crippen LogP contribution in [0.25, 0.3) is 0 Å². The predicted molar refractivity (Wildman–Crippen MR) is 182 cm³/mol. The van der Waals surface area contributed by atoms with Crippen molar-refractivity contribution >= 4 is 52.1 Å². The van der Waals surface area contributed by atoms with Crippen molar-refractivity contribution in [2.45, 2.75) is 97.9 Å². The van der Waals surface area contributed by atoms with E-state index in [0.717, 1.165) is 26.7 Å². The van der Waals surface area contributed by atoms with Gasteiger partial charge in [0.2, 0.25) is 11.8 Å². The molecular formula is C32H49N7O7S. The maximum Gasteiger partial charge on any atom is 0.410 e. The van der Waals surface area contributed by atoms with Crippen LogP contribution >= 0.6 is 11.3 Å². The number of unbranched alkanes of at least 4 members (excludes halogenated alkanes) is 1. The molecule has 0 bridgehead atoms. The van der Waals surface area contributed by atoms with Crippen molar-refractivity contribution in [3.05, 3.63) is 40.4 Å². The second-order valence-corrected chi connectivity index (χ2v) is 14.3. The fourth-order valence-corrected chi connectivity index (χ4v) is 5.72. The lowest BCUT2D eigenvalue weighted by molar-refractivity contribution is -0.128. The summed E-state index contributed by atoms with van der Waals surface area (Å²) in [5, 5.41) is 29.1. The Morgan fingerprint density at radius 1 is 0.872 bits per heavy atom. The molecule has 2 aromatic rings. The smallest absolute Gasteiger partial charge is 0.410 e. The summed E-state index contributed by atoms with van der Waals surface area (Å²) in [7, 11) is 3.41. The average Bonchev–Trinajstić information content (AvgIpc) is 3.32. The van der Waals surface area contributed by atoms with E-state index < -0.39 is 29.6 Å². The van der Waals surface area contributed by atoms with E-state index in [1.54, 1.807) is 67.8 Å². The highest BCUT2D eigenvalue weighted by Gasteiger charge is 2.43. The summed E-state index contributed by atoms with van der Waals surface area (Å²) in [5.41, 5.74) is 0.0851. The number of carbonyl (C=O) groups excluding carboxylic acids is 3. The molecule has 0 spiro atoms. The molecule has 5 amide bonds. The lowest BCUT2D eigenvalue weighted by atomic mass is 10.0. The van der Waals surface area contributed by atoms with Gasteiger partial charge in [0.15, 0.2) is 11.4 Å². The van der Waals surface area contributed by atoms with E-state index in [-0.39, 0.29) is 17.7 Å². The van der Waals surface area contributed by atoms with Crippen molar-refractivity contribution in [3.8, 4) is 0 Å². The SMILES string of the molecule is CC(=O)Nc1nc(CCc2ccc(NC(N(C(=O)O)C(C)(C)C)N(C(=O)O)C(C)(C)C)cc2)c(C(=O)NCCCCC(=O)N(C)C)s1. The normalized spacial score (nSPS) is 11.5. The Hall–Kier alpha value is -4.40. The summed E-state index contributed by atoms with van der Waals surface area (Å²) < 4.78 is 0. The van der Waals surface area contributed by atoms with Gasteiger partial charge in [0.25, 0.3) is 5.91 Å². The Kier molecular flexibility index (Phi) is 13.6. The van der Waals surface area contributed by atoms with Crippen molar-refractivity contribution in [2.24, 2.45) is 0 Å². The number of thiazole rings is 1. The largest absolute Gasteiger partial charge is 0.465 e. The minimum absolute atomic E-state index is 0.0314. The summed E-state index contributed by atoms with van der Waals surface area (Å²) in [6, 6.07) is 7.15. The highest BCUT2D eigenvalue weighted by molar-refractivity contribution is 7.17. The van der Waals surface area contributed by atoms with Gasteiger partial charge in [-0.1, -0.05) is 23.5 Å². The Morgan fingerprint density at radius 3 is 1.89 bits per heavy atom. The number of nitrogens with zero attached hydrogens (tertiary/aromatic N) is 4. The molecule has 5 N–H and O–H groups in total. The summed E-state index contributed by atoms with van der Waals surface area (Å²) >= 11 is 1.10. The molecule has 1 aromatic heterocycles. The summed E-state index contributed by atoms with van der Waals surface area (Å²) in [4.78, 5) is 69.8. The van der Waals surface area contributed by atoms with Crippen molar-refractivity contribution < 1.29 is 34.2 Å². The van der Waals surface area contributed by atoms with Gasteiger partial charge < -0.3 is 31.1 Å². The van der Waals surface area contributed by atoms with Gasteiger partial charge in [0.1, 0.15) is 4.88 Å². The zero-order valence-electron chi connectivity index (χ0n) is 28.8. The molecule has 0 radical (unpaired) electrons. The molecule has 0 aliphatic heterocycles. The first-order valence-corrected chi connectivity index (χ1v) is 16.2. The van der Waals surface area contributed by atoms with Gasteiger partial charge in [0, 0.05) is 50.7 Å². The van der Waals surface area contributed by atoms with Gasteiger partial charge in [-0.05, 0) is 84.9 Å². The number of anilines is 2. The third-order valence-corrected chi connectivity index (χ3v) is 8.05. The number of amides is 5. The maximum atomic E-state index is 13.0. The third-order valence-electron chi connectivity index (χ3n) is 7.04. The fourth-order valence-electron chi connectivity index (χ4n) is 4.75. The highest BCUT2D eigenvalue weighted by Crippen LogP contribution is 2.28. The Balaban J connectivity index is 2.22. The first kappa shape index (κ1) is 38.8. The number of nitrogens with one attached hydrogen (secondary N) is 3. The molecule has 0 aliphatic rings. The number of benzene rings is 1. The van der Waals surface area contributed by atoms with Crippen molar-refractivity contribution in [1.29, 1.82) is 0 Å². The molecule has 0 atom stereocenters. The first-order chi connectivity index (χ1) is 21.7. The molecule has 0 unspecified atom stereocenters. The second-order valence-electron chi connectivity index (χ2n) is 13.3. The molecule has 14 nitrogen and oxygen atoms in total. The van der Waals surface area contributed by atoms with Gasteiger partial charge in [-0.25, -0.2) is 14.6 Å². The number of rotatable bonds is 14. The minimum atomic E-state index is -1.27. The van der Waals surface area contributed by atoms with E-state index in [2.05, 4.69) is 20.9 Å².